The van der Waals surface area contributed by atoms with Crippen molar-refractivity contribution in [2.45, 2.75) is 44.7 Å². The van der Waals surface area contributed by atoms with Crippen LogP contribution in [-0.4, -0.2) is 48.3 Å². The molecule has 0 aliphatic heterocycles. The van der Waals surface area contributed by atoms with Crippen molar-refractivity contribution in [1.82, 2.24) is 19.6 Å². The first-order valence-electron chi connectivity index (χ1n) is 8.45. The summed E-state index contributed by atoms with van der Waals surface area (Å²) in [5.74, 6) is 6.29. The molecule has 0 aliphatic rings. The lowest BCUT2D eigenvalue weighted by Crippen LogP contribution is -2.14. The second kappa shape index (κ2) is 11.1. The summed E-state index contributed by atoms with van der Waals surface area (Å²) in [5.41, 5.74) is 0.591. The van der Waals surface area contributed by atoms with Gasteiger partial charge in [0.2, 0.25) is 0 Å². The number of aromatic amines is 1. The molecule has 134 valence electrons. The Balaban J connectivity index is 1.57. The van der Waals surface area contributed by atoms with Crippen molar-refractivity contribution < 1.29 is 0 Å². The zero-order valence-electron chi connectivity index (χ0n) is 14.4. The largest absolute Gasteiger partial charge is 0.274 e. The second-order valence-electron chi connectivity index (χ2n) is 5.53. The van der Waals surface area contributed by atoms with Gasteiger partial charge in [-0.15, -0.1) is 0 Å². The van der Waals surface area contributed by atoms with Gasteiger partial charge < -0.3 is 0 Å². The highest BCUT2D eigenvalue weighted by molar-refractivity contribution is 8.04. The van der Waals surface area contributed by atoms with E-state index in [-0.39, 0.29) is 5.56 Å². The number of rotatable bonds is 12. The fourth-order valence-corrected chi connectivity index (χ4v) is 5.25. The zero-order chi connectivity index (χ0) is 17.2. The Morgan fingerprint density at radius 1 is 1.04 bits per heavy atom. The Morgan fingerprint density at radius 2 is 1.79 bits per heavy atom. The minimum Gasteiger partial charge on any atom is -0.267 e. The molecule has 2 heterocycles. The average Bonchev–Trinajstić information content (AvgIpc) is 2.95. The molecule has 0 saturated heterocycles. The minimum absolute atomic E-state index is 0.109. The third-order valence-electron chi connectivity index (χ3n) is 3.42. The molecule has 0 aliphatic carbocycles. The molecule has 0 atom stereocenters. The van der Waals surface area contributed by atoms with Crippen LogP contribution in [0, 0.1) is 6.92 Å². The molecule has 0 aromatic carbocycles. The van der Waals surface area contributed by atoms with Gasteiger partial charge in [0.1, 0.15) is 0 Å². The van der Waals surface area contributed by atoms with Crippen molar-refractivity contribution in [1.29, 1.82) is 0 Å². The first-order valence-corrected chi connectivity index (χ1v) is 11.7. The van der Waals surface area contributed by atoms with Gasteiger partial charge in [-0.1, -0.05) is 37.9 Å². The molecule has 2 rings (SSSR count). The van der Waals surface area contributed by atoms with E-state index in [0.29, 0.717) is 11.5 Å². The lowest BCUT2D eigenvalue weighted by molar-refractivity contribution is 0.706. The standard InChI is InChI=1S/C16H26N4OS3/c1-3-4-5-6-7-22-8-9-23-10-11-24-16-18-15-17-13(2)12-14(21)20(15)19-16/h12H,3-11H2,1-2H3,(H,17,18,19). The summed E-state index contributed by atoms with van der Waals surface area (Å²) in [4.78, 5) is 20.4. The lowest BCUT2D eigenvalue weighted by Gasteiger charge is -2.02. The smallest absolute Gasteiger partial charge is 0.267 e. The van der Waals surface area contributed by atoms with Gasteiger partial charge in [0.05, 0.1) is 0 Å². The molecular formula is C16H26N4OS3. The number of thioether (sulfide) groups is 3. The number of aryl methyl sites for hydroxylation is 1. The number of hydrogen-bond acceptors (Lipinski definition) is 6. The van der Waals surface area contributed by atoms with Crippen LogP contribution < -0.4 is 5.56 Å². The summed E-state index contributed by atoms with van der Waals surface area (Å²) in [7, 11) is 0. The first-order chi connectivity index (χ1) is 11.7. The van der Waals surface area contributed by atoms with Crippen molar-refractivity contribution in [3.05, 3.63) is 22.1 Å². The van der Waals surface area contributed by atoms with E-state index >= 15 is 0 Å². The van der Waals surface area contributed by atoms with Gasteiger partial charge in [-0.3, -0.25) is 9.89 Å². The lowest BCUT2D eigenvalue weighted by atomic mass is 10.2. The van der Waals surface area contributed by atoms with E-state index in [0.717, 1.165) is 16.7 Å². The average molecular weight is 387 g/mol. The van der Waals surface area contributed by atoms with Crippen LogP contribution in [0.1, 0.15) is 38.3 Å². The quantitative estimate of drug-likeness (QED) is 0.441. The number of nitrogens with one attached hydrogen (secondary N) is 1. The summed E-state index contributed by atoms with van der Waals surface area (Å²) < 4.78 is 1.40. The van der Waals surface area contributed by atoms with Crippen molar-refractivity contribution in [2.75, 3.05) is 28.8 Å². The van der Waals surface area contributed by atoms with E-state index in [2.05, 4.69) is 33.8 Å². The van der Waals surface area contributed by atoms with Gasteiger partial charge in [0, 0.05) is 34.8 Å². The van der Waals surface area contributed by atoms with E-state index in [1.165, 1.54) is 53.5 Å². The van der Waals surface area contributed by atoms with Crippen molar-refractivity contribution in [3.8, 4) is 0 Å². The van der Waals surface area contributed by atoms with Crippen LogP contribution >= 0.6 is 35.3 Å². The molecule has 0 radical (unpaired) electrons. The van der Waals surface area contributed by atoms with Crippen LogP contribution in [0.25, 0.3) is 5.78 Å². The molecule has 24 heavy (non-hydrogen) atoms. The molecule has 2 aromatic rings. The molecule has 0 fully saturated rings. The summed E-state index contributed by atoms with van der Waals surface area (Å²) in [5, 5.41) is 3.77. The van der Waals surface area contributed by atoms with Crippen LogP contribution in [0.3, 0.4) is 0 Å². The zero-order valence-corrected chi connectivity index (χ0v) is 16.9. The molecule has 1 N–H and O–H groups in total. The molecule has 2 aromatic heterocycles. The van der Waals surface area contributed by atoms with Crippen LogP contribution in [0.15, 0.2) is 16.0 Å². The van der Waals surface area contributed by atoms with E-state index < -0.39 is 0 Å². The summed E-state index contributed by atoms with van der Waals surface area (Å²) >= 11 is 5.70. The number of hydrogen-bond donors (Lipinski definition) is 1. The number of H-pyrrole nitrogens is 1. The SMILES string of the molecule is CCCCCCSCCSCCSc1nc2nc(C)cc(=O)n2[nH]1. The molecule has 0 spiro atoms. The molecule has 8 heteroatoms. The van der Waals surface area contributed by atoms with Crippen molar-refractivity contribution >= 4 is 41.1 Å². The molecule has 0 bridgehead atoms. The predicted octanol–water partition coefficient (Wildman–Crippen LogP) is 3.86. The van der Waals surface area contributed by atoms with Crippen molar-refractivity contribution in [2.24, 2.45) is 0 Å². The topological polar surface area (TPSA) is 63.1 Å². The van der Waals surface area contributed by atoms with Crippen LogP contribution in [0.2, 0.25) is 0 Å². The van der Waals surface area contributed by atoms with Crippen LogP contribution in [-0.2, 0) is 0 Å². The first kappa shape index (κ1) is 19.7. The summed E-state index contributed by atoms with van der Waals surface area (Å²) in [6, 6.07) is 1.51. The van der Waals surface area contributed by atoms with E-state index in [1.807, 2.05) is 11.8 Å². The van der Waals surface area contributed by atoms with Gasteiger partial charge in [-0.2, -0.15) is 33.0 Å². The molecule has 0 unspecified atom stereocenters. The predicted molar refractivity (Wildman–Crippen MR) is 108 cm³/mol. The third-order valence-corrected chi connectivity index (χ3v) is 6.86. The monoisotopic (exact) mass is 386 g/mol. The maximum Gasteiger partial charge on any atom is 0.274 e. The number of unbranched alkanes of at least 4 members (excludes halogenated alkanes) is 3. The third kappa shape index (κ3) is 6.72. The van der Waals surface area contributed by atoms with E-state index in [1.54, 1.807) is 18.7 Å². The number of nitrogens with zero attached hydrogens (tertiary/aromatic N) is 3. The molecule has 5 nitrogen and oxygen atoms in total. The normalized spacial score (nSPS) is 11.4. The number of aromatic nitrogens is 4. The highest BCUT2D eigenvalue weighted by atomic mass is 32.2. The maximum absolute atomic E-state index is 11.8. The Morgan fingerprint density at radius 3 is 2.58 bits per heavy atom. The minimum atomic E-state index is -0.109. The summed E-state index contributed by atoms with van der Waals surface area (Å²) in [6.45, 7) is 4.06. The Hall–Kier alpha value is -0.600. The van der Waals surface area contributed by atoms with Gasteiger partial charge in [0.15, 0.2) is 5.16 Å². The molecule has 0 saturated carbocycles. The fraction of sp³-hybridized carbons (Fsp3) is 0.688. The highest BCUT2D eigenvalue weighted by Crippen LogP contribution is 2.16. The Kier molecular flexibility index (Phi) is 9.12. The van der Waals surface area contributed by atoms with Gasteiger partial charge >= 0.3 is 0 Å². The Bertz CT molecular complexity index is 671. The van der Waals surface area contributed by atoms with Crippen LogP contribution in [0.4, 0.5) is 0 Å². The Labute approximate surface area is 156 Å². The van der Waals surface area contributed by atoms with Crippen LogP contribution in [0.5, 0.6) is 0 Å². The van der Waals surface area contributed by atoms with Gasteiger partial charge in [-0.25, -0.2) is 4.98 Å². The van der Waals surface area contributed by atoms with Gasteiger partial charge in [0.25, 0.3) is 11.3 Å². The maximum atomic E-state index is 11.8. The molecular weight excluding hydrogens is 360 g/mol. The van der Waals surface area contributed by atoms with E-state index in [9.17, 15) is 4.79 Å². The van der Waals surface area contributed by atoms with Gasteiger partial charge in [-0.05, 0) is 19.1 Å². The summed E-state index contributed by atoms with van der Waals surface area (Å²) in [6.07, 6.45) is 5.42. The van der Waals surface area contributed by atoms with Crippen molar-refractivity contribution in [3.63, 3.8) is 0 Å². The highest BCUT2D eigenvalue weighted by Gasteiger charge is 2.06. The van der Waals surface area contributed by atoms with E-state index in [4.69, 9.17) is 0 Å². The second-order valence-corrected chi connectivity index (χ2v) is 9.07. The fourth-order valence-electron chi connectivity index (χ4n) is 2.19. The molecule has 0 amide bonds. The number of fused-ring (bicyclic) bond motifs is 1.